The van der Waals surface area contributed by atoms with E-state index < -0.39 is 36.0 Å². The van der Waals surface area contributed by atoms with Crippen molar-refractivity contribution < 1.29 is 51.6 Å². The van der Waals surface area contributed by atoms with Crippen LogP contribution in [0.3, 0.4) is 0 Å². The average Bonchev–Trinajstić information content (AvgIpc) is 3.41. The minimum absolute atomic E-state index is 0.146. The lowest BCUT2D eigenvalue weighted by molar-refractivity contribution is -0.137. The zero-order chi connectivity index (χ0) is 53.1. The molecule has 1 atom stereocenters. The summed E-state index contributed by atoms with van der Waals surface area (Å²) < 4.78 is 66.8. The molecule has 23 heteroatoms. The molecule has 75 heavy (non-hydrogen) atoms. The number of alkyl halides is 3. The predicted molar refractivity (Wildman–Crippen MR) is 277 cm³/mol. The van der Waals surface area contributed by atoms with Gasteiger partial charge in [-0.2, -0.15) is 23.1 Å². The molecule has 6 aromatic rings. The number of aromatic nitrogens is 4. The summed E-state index contributed by atoms with van der Waals surface area (Å²) in [5.74, 6) is -0.166. The summed E-state index contributed by atoms with van der Waals surface area (Å²) in [6, 6.07) is 23.9. The number of hydrogen-bond donors (Lipinski definition) is 6. The Balaban J connectivity index is 0.995. The molecule has 20 nitrogen and oxygen atoms in total. The molecule has 3 amide bonds. The number of rotatable bonds is 19. The van der Waals surface area contributed by atoms with E-state index in [2.05, 4.69) is 64.5 Å². The smallest absolute Gasteiger partial charge is 0.421 e. The number of halogens is 3. The van der Waals surface area contributed by atoms with Crippen LogP contribution in [-0.4, -0.2) is 120 Å². The van der Waals surface area contributed by atoms with Crippen LogP contribution in [0.5, 0.6) is 23.1 Å². The number of anilines is 10. The summed E-state index contributed by atoms with van der Waals surface area (Å²) in [5, 5.41) is 23.5. The van der Waals surface area contributed by atoms with Crippen molar-refractivity contribution in [2.45, 2.75) is 18.7 Å². The third kappa shape index (κ3) is 13.4. The standard InChI is InChI=1S/C52H53F3N12O8/c1-5-45(69)58-33-9-7-10-34(24-33)60-48-40(52(53,54)55)29-57-50(63-48)61-41-16-14-37(27-44(41)73-4)67-21-22-74-39(30-67)23-32-28-56-51(64-49(32)75-38-12-8-11-35(25-38)59-46(70)6-2)62-42-15-13-36(26-43(42)72-3)65-17-19-66(20-18-65)47(71)31-68/h5-16,24-29,39,68H,1-2,17-23,30-31H2,3-4H3,(H,58,69)(H,59,70)(H,56,62,64)(H2,57,60,61,63). The largest absolute Gasteiger partial charge is 0.494 e. The van der Waals surface area contributed by atoms with Gasteiger partial charge in [0.15, 0.2) is 0 Å². The molecule has 0 radical (unpaired) electrons. The Bertz CT molecular complexity index is 3060. The third-order valence-corrected chi connectivity index (χ3v) is 11.9. The first kappa shape index (κ1) is 52.4. The van der Waals surface area contributed by atoms with Gasteiger partial charge in [-0.1, -0.05) is 25.3 Å². The number of aliphatic hydroxyl groups excluding tert-OH is 1. The second kappa shape index (κ2) is 23.7. The van der Waals surface area contributed by atoms with E-state index in [1.165, 1.54) is 19.2 Å². The van der Waals surface area contributed by atoms with Crippen LogP contribution < -0.4 is 50.6 Å². The number of ether oxygens (including phenoxy) is 4. The number of carbonyl (C=O) groups is 3. The van der Waals surface area contributed by atoms with Crippen LogP contribution in [0, 0.1) is 0 Å². The summed E-state index contributed by atoms with van der Waals surface area (Å²) in [5.41, 5.74) is 3.16. The van der Waals surface area contributed by atoms with Crippen LogP contribution in [0.25, 0.3) is 0 Å². The van der Waals surface area contributed by atoms with Crippen LogP contribution in [0.2, 0.25) is 0 Å². The molecular weight excluding hydrogens is 978 g/mol. The van der Waals surface area contributed by atoms with Crippen LogP contribution in [0.4, 0.5) is 70.7 Å². The number of methoxy groups -OCH3 is 2. The molecule has 0 spiro atoms. The van der Waals surface area contributed by atoms with Gasteiger partial charge in [0.25, 0.3) is 0 Å². The fourth-order valence-electron chi connectivity index (χ4n) is 8.21. The van der Waals surface area contributed by atoms with Gasteiger partial charge in [-0.15, -0.1) is 0 Å². The molecule has 2 fully saturated rings. The Morgan fingerprint density at radius 3 is 1.97 bits per heavy atom. The monoisotopic (exact) mass is 1030 g/mol. The number of nitrogens with one attached hydrogen (secondary N) is 5. The molecule has 4 heterocycles. The number of hydrogen-bond acceptors (Lipinski definition) is 17. The SMILES string of the molecule is C=CC(=O)Nc1cccc(Nc2nc(Nc3ccc(N4CCOC(Cc5cnc(Nc6ccc(N7CCN(C(=O)CO)CC7)cc6OC)nc5Oc5cccc(NC(=O)C=C)c5)C4)cc3OC)ncc2C(F)(F)F)c1. The Morgan fingerprint density at radius 1 is 0.747 bits per heavy atom. The van der Waals surface area contributed by atoms with Crippen molar-refractivity contribution in [1.29, 1.82) is 0 Å². The van der Waals surface area contributed by atoms with E-state index in [-0.39, 0.29) is 35.5 Å². The normalized spacial score (nSPS) is 14.5. The second-order valence-corrected chi connectivity index (χ2v) is 16.9. The van der Waals surface area contributed by atoms with E-state index in [0.29, 0.717) is 104 Å². The molecule has 390 valence electrons. The molecule has 6 N–H and O–H groups in total. The Hall–Kier alpha value is -8.96. The first-order valence-corrected chi connectivity index (χ1v) is 23.4. The Kier molecular flexibility index (Phi) is 16.6. The van der Waals surface area contributed by atoms with E-state index in [0.717, 1.165) is 23.5 Å². The van der Waals surface area contributed by atoms with Crippen molar-refractivity contribution >= 4 is 75.2 Å². The average molecular weight is 1030 g/mol. The third-order valence-electron chi connectivity index (χ3n) is 11.9. The minimum atomic E-state index is -4.79. The predicted octanol–water partition coefficient (Wildman–Crippen LogP) is 7.66. The molecule has 2 aliphatic heterocycles. The summed E-state index contributed by atoms with van der Waals surface area (Å²) in [4.78, 5) is 59.5. The van der Waals surface area contributed by atoms with E-state index in [9.17, 15) is 32.7 Å². The fourth-order valence-corrected chi connectivity index (χ4v) is 8.21. The highest BCUT2D eigenvalue weighted by atomic mass is 19.4. The number of aliphatic hydroxyl groups is 1. The van der Waals surface area contributed by atoms with Crippen LogP contribution in [0.15, 0.2) is 123 Å². The fraction of sp³-hybridized carbons (Fsp3) is 0.250. The Labute approximate surface area is 429 Å². The first-order valence-electron chi connectivity index (χ1n) is 23.4. The van der Waals surface area contributed by atoms with Gasteiger partial charge in [0.05, 0.1) is 38.3 Å². The van der Waals surface area contributed by atoms with Gasteiger partial charge in [-0.05, 0) is 66.7 Å². The topological polar surface area (TPSA) is 230 Å². The van der Waals surface area contributed by atoms with Crippen molar-refractivity contribution in [3.05, 3.63) is 134 Å². The lowest BCUT2D eigenvalue weighted by atomic mass is 10.1. The van der Waals surface area contributed by atoms with E-state index in [1.807, 2.05) is 24.3 Å². The zero-order valence-electron chi connectivity index (χ0n) is 40.8. The summed E-state index contributed by atoms with van der Waals surface area (Å²) in [7, 11) is 3.02. The van der Waals surface area contributed by atoms with Crippen molar-refractivity contribution in [3.63, 3.8) is 0 Å². The van der Waals surface area contributed by atoms with E-state index in [4.69, 9.17) is 23.9 Å². The van der Waals surface area contributed by atoms with Gasteiger partial charge in [0.1, 0.15) is 35.2 Å². The molecule has 0 aliphatic carbocycles. The van der Waals surface area contributed by atoms with Gasteiger partial charge < -0.3 is 65.3 Å². The highest BCUT2D eigenvalue weighted by Gasteiger charge is 2.36. The van der Waals surface area contributed by atoms with Crippen molar-refractivity contribution in [2.75, 3.05) is 103 Å². The van der Waals surface area contributed by atoms with Crippen molar-refractivity contribution in [1.82, 2.24) is 24.8 Å². The summed E-state index contributed by atoms with van der Waals surface area (Å²) >= 11 is 0. The van der Waals surface area contributed by atoms with Gasteiger partial charge in [0, 0.05) is 110 Å². The maximum atomic E-state index is 14.2. The minimum Gasteiger partial charge on any atom is -0.494 e. The molecule has 2 saturated heterocycles. The quantitative estimate of drug-likeness (QED) is 0.0428. The number of amides is 3. The highest BCUT2D eigenvalue weighted by Crippen LogP contribution is 2.38. The zero-order valence-corrected chi connectivity index (χ0v) is 40.8. The maximum absolute atomic E-state index is 14.2. The van der Waals surface area contributed by atoms with Crippen LogP contribution in [0.1, 0.15) is 11.1 Å². The molecule has 0 saturated carbocycles. The summed E-state index contributed by atoms with van der Waals surface area (Å²) in [6.07, 6.45) is -0.290. The summed E-state index contributed by atoms with van der Waals surface area (Å²) in [6.45, 7) is 9.84. The van der Waals surface area contributed by atoms with Gasteiger partial charge in [0.2, 0.25) is 35.5 Å². The molecular formula is C52H53F3N12O8. The van der Waals surface area contributed by atoms with Gasteiger partial charge in [-0.3, -0.25) is 14.4 Å². The van der Waals surface area contributed by atoms with E-state index >= 15 is 0 Å². The lowest BCUT2D eigenvalue weighted by Gasteiger charge is -2.36. The van der Waals surface area contributed by atoms with Crippen molar-refractivity contribution in [3.8, 4) is 23.1 Å². The molecule has 4 aromatic carbocycles. The molecule has 8 rings (SSSR count). The van der Waals surface area contributed by atoms with Crippen LogP contribution >= 0.6 is 0 Å². The number of carbonyl (C=O) groups excluding carboxylic acids is 3. The highest BCUT2D eigenvalue weighted by molar-refractivity contribution is 5.99. The number of nitrogens with zero attached hydrogens (tertiary/aromatic N) is 7. The van der Waals surface area contributed by atoms with Gasteiger partial charge >= 0.3 is 6.18 Å². The molecule has 1 unspecified atom stereocenters. The van der Waals surface area contributed by atoms with Crippen LogP contribution in [-0.2, 0) is 31.7 Å². The lowest BCUT2D eigenvalue weighted by Crippen LogP contribution is -2.49. The molecule has 2 aliphatic rings. The molecule has 2 aromatic heterocycles. The second-order valence-electron chi connectivity index (χ2n) is 16.9. The first-order chi connectivity index (χ1) is 36.2. The number of morpholine rings is 1. The molecule has 0 bridgehead atoms. The van der Waals surface area contributed by atoms with Crippen molar-refractivity contribution in [2.24, 2.45) is 0 Å². The number of benzene rings is 4. The van der Waals surface area contributed by atoms with Gasteiger partial charge in [-0.25, -0.2) is 9.97 Å². The number of piperazine rings is 1. The van der Waals surface area contributed by atoms with E-state index in [1.54, 1.807) is 66.7 Å². The maximum Gasteiger partial charge on any atom is 0.421 e. The Morgan fingerprint density at radius 2 is 1.35 bits per heavy atom.